The standard InChI is InChI=1S/C23H22N4O/c1-23(2,3)19-6-4-5-7-20(19)27-21-13-10-17(15-25-21)22(28)26-18-11-8-16(14-24)9-12-18/h4-13,15H,1-3H3,(H,25,27)(H,26,28). The zero-order chi connectivity index (χ0) is 20.1. The number of amides is 1. The molecule has 3 rings (SSSR count). The Morgan fingerprint density at radius 3 is 2.32 bits per heavy atom. The van der Waals surface area contributed by atoms with Crippen LogP contribution in [0.4, 0.5) is 17.2 Å². The molecule has 2 aromatic carbocycles. The molecular weight excluding hydrogens is 348 g/mol. The van der Waals surface area contributed by atoms with E-state index in [1.54, 1.807) is 42.6 Å². The first-order chi connectivity index (χ1) is 13.4. The lowest BCUT2D eigenvalue weighted by molar-refractivity contribution is 0.102. The second kappa shape index (κ2) is 7.93. The van der Waals surface area contributed by atoms with E-state index in [0.29, 0.717) is 22.6 Å². The maximum Gasteiger partial charge on any atom is 0.257 e. The van der Waals surface area contributed by atoms with Gasteiger partial charge >= 0.3 is 0 Å². The fraction of sp³-hybridized carbons (Fsp3) is 0.174. The molecule has 5 heteroatoms. The summed E-state index contributed by atoms with van der Waals surface area (Å²) in [6.45, 7) is 6.49. The number of hydrogen-bond acceptors (Lipinski definition) is 4. The summed E-state index contributed by atoms with van der Waals surface area (Å²) in [5.41, 5.74) is 3.83. The van der Waals surface area contributed by atoms with Crippen molar-refractivity contribution >= 4 is 23.1 Å². The normalized spacial score (nSPS) is 10.8. The number of para-hydroxylation sites is 1. The van der Waals surface area contributed by atoms with Crippen LogP contribution in [-0.4, -0.2) is 10.9 Å². The molecule has 1 aromatic heterocycles. The van der Waals surface area contributed by atoms with Gasteiger partial charge in [-0.25, -0.2) is 4.98 Å². The lowest BCUT2D eigenvalue weighted by atomic mass is 9.86. The van der Waals surface area contributed by atoms with Crippen molar-refractivity contribution in [1.29, 1.82) is 5.26 Å². The molecule has 0 fully saturated rings. The molecule has 3 aromatic rings. The Morgan fingerprint density at radius 1 is 1.00 bits per heavy atom. The summed E-state index contributed by atoms with van der Waals surface area (Å²) >= 11 is 0. The van der Waals surface area contributed by atoms with E-state index in [4.69, 9.17) is 5.26 Å². The van der Waals surface area contributed by atoms with Gasteiger partial charge in [-0.05, 0) is 53.4 Å². The Kier molecular flexibility index (Phi) is 5.42. The topological polar surface area (TPSA) is 77.8 Å². The molecule has 0 saturated carbocycles. The smallest absolute Gasteiger partial charge is 0.257 e. The van der Waals surface area contributed by atoms with E-state index < -0.39 is 0 Å². The van der Waals surface area contributed by atoms with Crippen LogP contribution in [0, 0.1) is 11.3 Å². The molecule has 0 bridgehead atoms. The molecular formula is C23H22N4O. The summed E-state index contributed by atoms with van der Waals surface area (Å²) in [7, 11) is 0. The van der Waals surface area contributed by atoms with Crippen LogP contribution in [0.1, 0.15) is 42.3 Å². The van der Waals surface area contributed by atoms with E-state index in [1.807, 2.05) is 24.3 Å². The van der Waals surface area contributed by atoms with Crippen LogP contribution in [0.2, 0.25) is 0 Å². The molecule has 2 N–H and O–H groups in total. The molecule has 1 amide bonds. The van der Waals surface area contributed by atoms with Crippen molar-refractivity contribution in [3.8, 4) is 6.07 Å². The Balaban J connectivity index is 1.71. The van der Waals surface area contributed by atoms with E-state index in [-0.39, 0.29) is 11.3 Å². The van der Waals surface area contributed by atoms with Gasteiger partial charge < -0.3 is 10.6 Å². The highest BCUT2D eigenvalue weighted by Gasteiger charge is 2.17. The maximum absolute atomic E-state index is 12.4. The van der Waals surface area contributed by atoms with Gasteiger partial charge in [-0.3, -0.25) is 4.79 Å². The van der Waals surface area contributed by atoms with Crippen LogP contribution in [0.25, 0.3) is 0 Å². The van der Waals surface area contributed by atoms with Gasteiger partial charge in [0.15, 0.2) is 0 Å². The number of hydrogen-bond donors (Lipinski definition) is 2. The average molecular weight is 370 g/mol. The van der Waals surface area contributed by atoms with Gasteiger partial charge in [0.1, 0.15) is 5.82 Å². The summed E-state index contributed by atoms with van der Waals surface area (Å²) < 4.78 is 0. The number of pyridine rings is 1. The van der Waals surface area contributed by atoms with Gasteiger partial charge in [-0.1, -0.05) is 39.0 Å². The van der Waals surface area contributed by atoms with Gasteiger partial charge in [-0.2, -0.15) is 5.26 Å². The third-order valence-corrected chi connectivity index (χ3v) is 4.30. The molecule has 0 aliphatic heterocycles. The fourth-order valence-corrected chi connectivity index (χ4v) is 2.82. The summed E-state index contributed by atoms with van der Waals surface area (Å²) in [6, 6.07) is 20.4. The first kappa shape index (κ1) is 19.1. The van der Waals surface area contributed by atoms with Crippen LogP contribution in [-0.2, 0) is 5.41 Å². The number of nitrogens with one attached hydrogen (secondary N) is 2. The molecule has 1 heterocycles. The predicted octanol–water partition coefficient (Wildman–Crippen LogP) is 5.25. The lowest BCUT2D eigenvalue weighted by Gasteiger charge is -2.23. The molecule has 0 saturated heterocycles. The number of nitrogens with zero attached hydrogens (tertiary/aromatic N) is 2. The zero-order valence-electron chi connectivity index (χ0n) is 16.2. The Labute approximate surface area is 165 Å². The second-order valence-electron chi connectivity index (χ2n) is 7.50. The third kappa shape index (κ3) is 4.54. The summed E-state index contributed by atoms with van der Waals surface area (Å²) in [4.78, 5) is 16.8. The minimum Gasteiger partial charge on any atom is -0.340 e. The predicted molar refractivity (Wildman–Crippen MR) is 112 cm³/mol. The van der Waals surface area contributed by atoms with E-state index in [0.717, 1.165) is 5.69 Å². The Hall–Kier alpha value is -3.65. The highest BCUT2D eigenvalue weighted by molar-refractivity contribution is 6.04. The van der Waals surface area contributed by atoms with Crippen LogP contribution >= 0.6 is 0 Å². The molecule has 0 atom stereocenters. The van der Waals surface area contributed by atoms with E-state index >= 15 is 0 Å². The van der Waals surface area contributed by atoms with E-state index in [1.165, 1.54) is 5.56 Å². The first-order valence-electron chi connectivity index (χ1n) is 9.01. The van der Waals surface area contributed by atoms with Crippen molar-refractivity contribution in [2.75, 3.05) is 10.6 Å². The molecule has 0 aliphatic carbocycles. The maximum atomic E-state index is 12.4. The lowest BCUT2D eigenvalue weighted by Crippen LogP contribution is -2.14. The summed E-state index contributed by atoms with van der Waals surface area (Å²) in [6.07, 6.45) is 1.54. The highest BCUT2D eigenvalue weighted by Crippen LogP contribution is 2.30. The summed E-state index contributed by atoms with van der Waals surface area (Å²) in [5.74, 6) is 0.422. The number of carbonyl (C=O) groups is 1. The molecule has 140 valence electrons. The number of carbonyl (C=O) groups excluding carboxylic acids is 1. The number of rotatable bonds is 4. The van der Waals surface area contributed by atoms with Crippen molar-refractivity contribution in [3.63, 3.8) is 0 Å². The number of aromatic nitrogens is 1. The SMILES string of the molecule is CC(C)(C)c1ccccc1Nc1ccc(C(=O)Nc2ccc(C#N)cc2)cn1. The number of anilines is 3. The molecule has 0 unspecified atom stereocenters. The van der Waals surface area contributed by atoms with Crippen molar-refractivity contribution in [2.24, 2.45) is 0 Å². The highest BCUT2D eigenvalue weighted by atomic mass is 16.1. The Morgan fingerprint density at radius 2 is 1.71 bits per heavy atom. The zero-order valence-corrected chi connectivity index (χ0v) is 16.2. The second-order valence-corrected chi connectivity index (χ2v) is 7.50. The average Bonchev–Trinajstić information content (AvgIpc) is 2.69. The van der Waals surface area contributed by atoms with Crippen LogP contribution < -0.4 is 10.6 Å². The minimum atomic E-state index is -0.251. The monoisotopic (exact) mass is 370 g/mol. The number of nitriles is 1. The largest absolute Gasteiger partial charge is 0.340 e. The van der Waals surface area contributed by atoms with Crippen molar-refractivity contribution < 1.29 is 4.79 Å². The Bertz CT molecular complexity index is 1010. The number of benzene rings is 2. The van der Waals surface area contributed by atoms with Crippen molar-refractivity contribution in [1.82, 2.24) is 4.98 Å². The van der Waals surface area contributed by atoms with Crippen molar-refractivity contribution in [3.05, 3.63) is 83.6 Å². The third-order valence-electron chi connectivity index (χ3n) is 4.30. The molecule has 0 radical (unpaired) electrons. The minimum absolute atomic E-state index is 0.00448. The van der Waals surface area contributed by atoms with Gasteiger partial charge in [-0.15, -0.1) is 0 Å². The van der Waals surface area contributed by atoms with Crippen LogP contribution in [0.5, 0.6) is 0 Å². The van der Waals surface area contributed by atoms with Crippen LogP contribution in [0.3, 0.4) is 0 Å². The van der Waals surface area contributed by atoms with E-state index in [2.05, 4.69) is 42.5 Å². The molecule has 0 spiro atoms. The first-order valence-corrected chi connectivity index (χ1v) is 9.01. The fourth-order valence-electron chi connectivity index (χ4n) is 2.82. The van der Waals surface area contributed by atoms with Gasteiger partial charge in [0.05, 0.1) is 17.2 Å². The van der Waals surface area contributed by atoms with Crippen molar-refractivity contribution in [2.45, 2.75) is 26.2 Å². The van der Waals surface area contributed by atoms with Crippen LogP contribution in [0.15, 0.2) is 66.9 Å². The molecule has 28 heavy (non-hydrogen) atoms. The van der Waals surface area contributed by atoms with Gasteiger partial charge in [0, 0.05) is 17.6 Å². The van der Waals surface area contributed by atoms with E-state index in [9.17, 15) is 4.79 Å². The van der Waals surface area contributed by atoms with Gasteiger partial charge in [0.25, 0.3) is 5.91 Å². The molecule has 0 aliphatic rings. The summed E-state index contributed by atoms with van der Waals surface area (Å²) in [5, 5.41) is 15.0. The quantitative estimate of drug-likeness (QED) is 0.658. The van der Waals surface area contributed by atoms with Gasteiger partial charge in [0.2, 0.25) is 0 Å². The molecule has 5 nitrogen and oxygen atoms in total.